The second kappa shape index (κ2) is 6.82. The molecular formula is C16H16Cl3N. The highest BCUT2D eigenvalue weighted by molar-refractivity contribution is 6.33. The van der Waals surface area contributed by atoms with E-state index >= 15 is 0 Å². The van der Waals surface area contributed by atoms with Gasteiger partial charge < -0.3 is 5.32 Å². The van der Waals surface area contributed by atoms with Crippen LogP contribution < -0.4 is 5.32 Å². The molecule has 0 amide bonds. The van der Waals surface area contributed by atoms with E-state index in [1.54, 1.807) is 6.07 Å². The van der Waals surface area contributed by atoms with E-state index in [2.05, 4.69) is 18.3 Å². The summed E-state index contributed by atoms with van der Waals surface area (Å²) in [6.45, 7) is 4.86. The van der Waals surface area contributed by atoms with Crippen molar-refractivity contribution in [1.29, 1.82) is 0 Å². The molecule has 0 aromatic heterocycles. The van der Waals surface area contributed by atoms with Gasteiger partial charge in [0.1, 0.15) is 0 Å². The molecule has 20 heavy (non-hydrogen) atoms. The van der Waals surface area contributed by atoms with Gasteiger partial charge in [0.25, 0.3) is 0 Å². The number of halogens is 3. The monoisotopic (exact) mass is 327 g/mol. The third kappa shape index (κ3) is 3.48. The van der Waals surface area contributed by atoms with Crippen molar-refractivity contribution in [2.45, 2.75) is 19.9 Å². The van der Waals surface area contributed by atoms with Gasteiger partial charge in [-0.05, 0) is 54.4 Å². The fraction of sp³-hybridized carbons (Fsp3) is 0.250. The molecule has 1 N–H and O–H groups in total. The molecule has 1 nitrogen and oxygen atoms in total. The maximum atomic E-state index is 6.32. The molecule has 4 heteroatoms. The lowest BCUT2D eigenvalue weighted by Crippen LogP contribution is -2.22. The smallest absolute Gasteiger partial charge is 0.0592 e. The molecule has 0 heterocycles. The first-order chi connectivity index (χ1) is 9.52. The lowest BCUT2D eigenvalue weighted by Gasteiger charge is -2.21. The molecule has 106 valence electrons. The van der Waals surface area contributed by atoms with Crippen molar-refractivity contribution >= 4 is 34.8 Å². The van der Waals surface area contributed by atoms with E-state index in [-0.39, 0.29) is 6.04 Å². The highest BCUT2D eigenvalue weighted by Crippen LogP contribution is 2.32. The van der Waals surface area contributed by atoms with E-state index in [0.717, 1.165) is 28.3 Å². The average molecular weight is 329 g/mol. The quantitative estimate of drug-likeness (QED) is 0.764. The summed E-state index contributed by atoms with van der Waals surface area (Å²) < 4.78 is 0. The van der Waals surface area contributed by atoms with Crippen LogP contribution in [0.3, 0.4) is 0 Å². The van der Waals surface area contributed by atoms with Gasteiger partial charge in [0.2, 0.25) is 0 Å². The molecule has 0 aliphatic carbocycles. The summed E-state index contributed by atoms with van der Waals surface area (Å²) in [6.07, 6.45) is 0. The Kier molecular flexibility index (Phi) is 5.34. The largest absolute Gasteiger partial charge is 0.306 e. The predicted octanol–water partition coefficient (Wildman–Crippen LogP) is 5.65. The summed E-state index contributed by atoms with van der Waals surface area (Å²) in [5.41, 5.74) is 3.09. The van der Waals surface area contributed by atoms with Crippen LogP contribution in [0.15, 0.2) is 36.4 Å². The van der Waals surface area contributed by atoms with Crippen LogP contribution in [0.4, 0.5) is 0 Å². The van der Waals surface area contributed by atoms with Crippen LogP contribution in [0.5, 0.6) is 0 Å². The Labute approximate surface area is 134 Å². The van der Waals surface area contributed by atoms with Crippen molar-refractivity contribution in [3.8, 4) is 0 Å². The highest BCUT2D eigenvalue weighted by Gasteiger charge is 2.17. The van der Waals surface area contributed by atoms with Crippen molar-refractivity contribution in [3.63, 3.8) is 0 Å². The van der Waals surface area contributed by atoms with E-state index in [9.17, 15) is 0 Å². The molecule has 0 fully saturated rings. The molecule has 0 bridgehead atoms. The topological polar surface area (TPSA) is 12.0 Å². The van der Waals surface area contributed by atoms with Gasteiger partial charge in [-0.3, -0.25) is 0 Å². The third-order valence-corrected chi connectivity index (χ3v) is 4.19. The molecule has 2 rings (SSSR count). The molecule has 2 aromatic carbocycles. The fourth-order valence-corrected chi connectivity index (χ4v) is 2.73. The first-order valence-electron chi connectivity index (χ1n) is 6.47. The van der Waals surface area contributed by atoms with Gasteiger partial charge in [-0.1, -0.05) is 53.9 Å². The van der Waals surface area contributed by atoms with Gasteiger partial charge in [0, 0.05) is 15.1 Å². The molecule has 0 spiro atoms. The Morgan fingerprint density at radius 2 is 1.75 bits per heavy atom. The molecule has 0 aliphatic heterocycles. The first-order valence-corrected chi connectivity index (χ1v) is 7.60. The molecule has 0 aliphatic rings. The molecule has 0 saturated heterocycles. The second-order valence-corrected chi connectivity index (χ2v) is 5.92. The van der Waals surface area contributed by atoms with Crippen LogP contribution >= 0.6 is 34.8 Å². The number of aryl methyl sites for hydroxylation is 1. The number of hydrogen-bond donors (Lipinski definition) is 1. The van der Waals surface area contributed by atoms with Crippen molar-refractivity contribution in [2.75, 3.05) is 6.54 Å². The van der Waals surface area contributed by atoms with E-state index < -0.39 is 0 Å². The molecule has 2 aromatic rings. The minimum Gasteiger partial charge on any atom is -0.306 e. The summed E-state index contributed by atoms with van der Waals surface area (Å²) >= 11 is 18.6. The maximum absolute atomic E-state index is 6.32. The lowest BCUT2D eigenvalue weighted by molar-refractivity contribution is 0.631. The van der Waals surface area contributed by atoms with Crippen molar-refractivity contribution in [1.82, 2.24) is 5.32 Å². The standard InChI is InChI=1S/C16H16Cl3N/c1-3-20-16(11-5-4-10(2)15(19)8-11)13-9-12(17)6-7-14(13)18/h4-9,16,20H,3H2,1-2H3. The summed E-state index contributed by atoms with van der Waals surface area (Å²) in [6, 6.07) is 11.5. The van der Waals surface area contributed by atoms with Crippen LogP contribution in [0, 0.1) is 6.92 Å². The first kappa shape index (κ1) is 15.7. The van der Waals surface area contributed by atoms with Gasteiger partial charge >= 0.3 is 0 Å². The number of nitrogens with one attached hydrogen (secondary N) is 1. The van der Waals surface area contributed by atoms with Crippen molar-refractivity contribution in [2.24, 2.45) is 0 Å². The average Bonchev–Trinajstić information content (AvgIpc) is 2.42. The Balaban J connectivity index is 2.49. The molecule has 1 unspecified atom stereocenters. The zero-order valence-electron chi connectivity index (χ0n) is 11.4. The van der Waals surface area contributed by atoms with Crippen molar-refractivity contribution in [3.05, 3.63) is 68.2 Å². The minimum absolute atomic E-state index is 0.0238. The van der Waals surface area contributed by atoms with Gasteiger partial charge in [-0.2, -0.15) is 0 Å². The van der Waals surface area contributed by atoms with E-state index in [4.69, 9.17) is 34.8 Å². The SMILES string of the molecule is CCNC(c1ccc(C)c(Cl)c1)c1cc(Cl)ccc1Cl. The summed E-state index contributed by atoms with van der Waals surface area (Å²) in [7, 11) is 0. The van der Waals surface area contributed by atoms with Gasteiger partial charge in [0.15, 0.2) is 0 Å². The summed E-state index contributed by atoms with van der Waals surface area (Å²) in [4.78, 5) is 0. The maximum Gasteiger partial charge on any atom is 0.0592 e. The normalized spacial score (nSPS) is 12.4. The van der Waals surface area contributed by atoms with Crippen molar-refractivity contribution < 1.29 is 0 Å². The molecule has 0 saturated carbocycles. The Bertz CT molecular complexity index is 611. The zero-order chi connectivity index (χ0) is 14.7. The molecule has 1 atom stereocenters. The molecule has 0 radical (unpaired) electrons. The Morgan fingerprint density at radius 1 is 1.00 bits per heavy atom. The minimum atomic E-state index is -0.0238. The van der Waals surface area contributed by atoms with Crippen LogP contribution in [0.1, 0.15) is 29.7 Å². The number of hydrogen-bond acceptors (Lipinski definition) is 1. The number of rotatable bonds is 4. The third-order valence-electron chi connectivity index (χ3n) is 3.21. The van der Waals surface area contributed by atoms with Gasteiger partial charge in [0.05, 0.1) is 6.04 Å². The second-order valence-electron chi connectivity index (χ2n) is 4.67. The van der Waals surface area contributed by atoms with Gasteiger partial charge in [-0.15, -0.1) is 0 Å². The van der Waals surface area contributed by atoms with Crippen LogP contribution in [-0.2, 0) is 0 Å². The molecular weight excluding hydrogens is 313 g/mol. The Morgan fingerprint density at radius 3 is 2.40 bits per heavy atom. The Hall–Kier alpha value is -0.730. The van der Waals surface area contributed by atoms with E-state index in [1.807, 2.05) is 31.2 Å². The van der Waals surface area contributed by atoms with Gasteiger partial charge in [-0.25, -0.2) is 0 Å². The fourth-order valence-electron chi connectivity index (χ4n) is 2.14. The van der Waals surface area contributed by atoms with E-state index in [0.29, 0.717) is 10.0 Å². The number of benzene rings is 2. The van der Waals surface area contributed by atoms with Crippen LogP contribution in [0.2, 0.25) is 15.1 Å². The van der Waals surface area contributed by atoms with Crippen LogP contribution in [-0.4, -0.2) is 6.54 Å². The predicted molar refractivity (Wildman–Crippen MR) is 88.2 cm³/mol. The summed E-state index contributed by atoms with van der Waals surface area (Å²) in [5, 5.41) is 5.54. The zero-order valence-corrected chi connectivity index (χ0v) is 13.7. The highest BCUT2D eigenvalue weighted by atomic mass is 35.5. The van der Waals surface area contributed by atoms with E-state index in [1.165, 1.54) is 0 Å². The lowest BCUT2D eigenvalue weighted by atomic mass is 9.97. The summed E-state index contributed by atoms with van der Waals surface area (Å²) in [5.74, 6) is 0. The van der Waals surface area contributed by atoms with Crippen LogP contribution in [0.25, 0.3) is 0 Å².